The highest BCUT2D eigenvalue weighted by Crippen LogP contribution is 2.33. The molecule has 0 aliphatic carbocycles. The molecule has 1 heterocycles. The monoisotopic (exact) mass is 464 g/mol. The van der Waals surface area contributed by atoms with Gasteiger partial charge in [-0.2, -0.15) is 0 Å². The summed E-state index contributed by atoms with van der Waals surface area (Å²) < 4.78 is 0. The van der Waals surface area contributed by atoms with Crippen molar-refractivity contribution in [2.45, 2.75) is 20.3 Å². The molecule has 1 aliphatic rings. The summed E-state index contributed by atoms with van der Waals surface area (Å²) in [5.41, 5.74) is 4.91. The molecule has 0 fully saturated rings. The summed E-state index contributed by atoms with van der Waals surface area (Å²) in [5, 5.41) is 4.43. The van der Waals surface area contributed by atoms with Gasteiger partial charge in [0.15, 0.2) is 0 Å². The van der Waals surface area contributed by atoms with Crippen LogP contribution in [0.3, 0.4) is 0 Å². The zero-order chi connectivity index (χ0) is 22.8. The van der Waals surface area contributed by atoms with Gasteiger partial charge in [-0.15, -0.1) is 0 Å². The van der Waals surface area contributed by atoms with E-state index in [4.69, 9.17) is 23.2 Å². The molecule has 0 saturated carbocycles. The molecule has 0 spiro atoms. The summed E-state index contributed by atoms with van der Waals surface area (Å²) in [6, 6.07) is 20.4. The van der Waals surface area contributed by atoms with Gasteiger partial charge in [-0.25, -0.2) is 0 Å². The molecule has 0 atom stereocenters. The minimum Gasteiger partial charge on any atom is -0.350 e. The summed E-state index contributed by atoms with van der Waals surface area (Å²) in [6.45, 7) is 4.12. The van der Waals surface area contributed by atoms with E-state index in [1.807, 2.05) is 62.4 Å². The maximum Gasteiger partial charge on any atom is 0.278 e. The minimum absolute atomic E-state index is 0.264. The number of hydrogen-bond acceptors (Lipinski definition) is 3. The second kappa shape index (κ2) is 9.19. The first-order valence-electron chi connectivity index (χ1n) is 10.3. The Balaban J connectivity index is 1.68. The first-order valence-corrected chi connectivity index (χ1v) is 11.0. The van der Waals surface area contributed by atoms with E-state index in [0.717, 1.165) is 16.7 Å². The number of aryl methyl sites for hydroxylation is 1. The lowest BCUT2D eigenvalue weighted by atomic mass is 10.0. The van der Waals surface area contributed by atoms with Crippen molar-refractivity contribution in [2.75, 3.05) is 11.9 Å². The van der Waals surface area contributed by atoms with Gasteiger partial charge in [0.2, 0.25) is 0 Å². The number of anilines is 1. The Labute approximate surface area is 197 Å². The van der Waals surface area contributed by atoms with Crippen LogP contribution in [0.5, 0.6) is 0 Å². The molecule has 2 amide bonds. The highest BCUT2D eigenvalue weighted by atomic mass is 35.5. The van der Waals surface area contributed by atoms with Gasteiger partial charge in [0.25, 0.3) is 11.8 Å². The Morgan fingerprint density at radius 1 is 0.844 bits per heavy atom. The minimum atomic E-state index is -0.348. The quantitative estimate of drug-likeness (QED) is 0.452. The fraction of sp³-hybridized carbons (Fsp3) is 0.154. The van der Waals surface area contributed by atoms with E-state index in [2.05, 4.69) is 5.32 Å². The van der Waals surface area contributed by atoms with Crippen LogP contribution in [0.2, 0.25) is 10.0 Å². The molecular formula is C26H22Cl2N2O2. The Hall–Kier alpha value is -3.08. The third-order valence-corrected chi connectivity index (χ3v) is 6.23. The molecule has 0 saturated heterocycles. The van der Waals surface area contributed by atoms with Crippen molar-refractivity contribution in [3.8, 4) is 0 Å². The smallest absolute Gasteiger partial charge is 0.278 e. The predicted molar refractivity (Wildman–Crippen MR) is 130 cm³/mol. The topological polar surface area (TPSA) is 49.4 Å². The maximum absolute atomic E-state index is 13.4. The second-order valence-electron chi connectivity index (χ2n) is 7.79. The Morgan fingerprint density at radius 3 is 2.22 bits per heavy atom. The van der Waals surface area contributed by atoms with E-state index in [0.29, 0.717) is 33.3 Å². The molecule has 1 aliphatic heterocycles. The highest BCUT2D eigenvalue weighted by Gasteiger charge is 2.39. The number of nitrogens with zero attached hydrogens (tertiary/aromatic N) is 1. The molecule has 6 heteroatoms. The van der Waals surface area contributed by atoms with Crippen LogP contribution in [0.4, 0.5) is 5.69 Å². The summed E-state index contributed by atoms with van der Waals surface area (Å²) in [4.78, 5) is 28.1. The molecule has 4 rings (SSSR count). The maximum atomic E-state index is 13.4. The van der Waals surface area contributed by atoms with E-state index in [9.17, 15) is 9.59 Å². The Morgan fingerprint density at radius 2 is 1.53 bits per heavy atom. The number of carbonyl (C=O) groups is 2. The van der Waals surface area contributed by atoms with E-state index in [1.54, 1.807) is 18.2 Å². The van der Waals surface area contributed by atoms with Gasteiger partial charge < -0.3 is 5.32 Å². The van der Waals surface area contributed by atoms with E-state index < -0.39 is 0 Å². The fourth-order valence-electron chi connectivity index (χ4n) is 3.65. The number of carbonyl (C=O) groups excluding carboxylic acids is 2. The fourth-order valence-corrected chi connectivity index (χ4v) is 3.95. The van der Waals surface area contributed by atoms with Crippen molar-refractivity contribution in [1.82, 2.24) is 4.90 Å². The molecule has 0 unspecified atom stereocenters. The largest absolute Gasteiger partial charge is 0.350 e. The Bertz CT molecular complexity index is 1220. The molecule has 0 aromatic heterocycles. The average Bonchev–Trinajstić information content (AvgIpc) is 3.01. The van der Waals surface area contributed by atoms with Gasteiger partial charge in [0.1, 0.15) is 5.70 Å². The highest BCUT2D eigenvalue weighted by molar-refractivity contribution is 6.36. The molecule has 4 nitrogen and oxygen atoms in total. The summed E-state index contributed by atoms with van der Waals surface area (Å²) >= 11 is 12.2. The second-order valence-corrected chi connectivity index (χ2v) is 8.64. The molecule has 32 heavy (non-hydrogen) atoms. The van der Waals surface area contributed by atoms with Crippen molar-refractivity contribution < 1.29 is 9.59 Å². The SMILES string of the molecule is Cc1ccc(C2=C(Nc3cccc(Cl)c3C)C(=O)N(CCc3ccc(Cl)cc3)C2=O)cc1. The van der Waals surface area contributed by atoms with Crippen molar-refractivity contribution in [3.05, 3.63) is 105 Å². The number of amides is 2. The van der Waals surface area contributed by atoms with Crippen LogP contribution in [0.15, 0.2) is 72.4 Å². The first-order chi connectivity index (χ1) is 15.3. The van der Waals surface area contributed by atoms with Crippen molar-refractivity contribution in [3.63, 3.8) is 0 Å². The first kappa shape index (κ1) is 22.1. The summed E-state index contributed by atoms with van der Waals surface area (Å²) in [6.07, 6.45) is 0.541. The molecule has 3 aromatic carbocycles. The zero-order valence-electron chi connectivity index (χ0n) is 17.8. The van der Waals surface area contributed by atoms with Crippen molar-refractivity contribution >= 4 is 46.3 Å². The van der Waals surface area contributed by atoms with Crippen LogP contribution in [-0.2, 0) is 16.0 Å². The molecule has 162 valence electrons. The van der Waals surface area contributed by atoms with Crippen LogP contribution in [0.25, 0.3) is 5.57 Å². The molecule has 0 bridgehead atoms. The van der Waals surface area contributed by atoms with E-state index in [1.165, 1.54) is 4.90 Å². The van der Waals surface area contributed by atoms with Gasteiger partial charge in [0, 0.05) is 22.3 Å². The van der Waals surface area contributed by atoms with Gasteiger partial charge in [-0.05, 0) is 61.2 Å². The number of rotatable bonds is 6. The zero-order valence-corrected chi connectivity index (χ0v) is 19.3. The van der Waals surface area contributed by atoms with Crippen LogP contribution >= 0.6 is 23.2 Å². The number of hydrogen-bond donors (Lipinski definition) is 1. The van der Waals surface area contributed by atoms with Crippen LogP contribution in [0, 0.1) is 13.8 Å². The lowest BCUT2D eigenvalue weighted by Crippen LogP contribution is -2.34. The van der Waals surface area contributed by atoms with Crippen molar-refractivity contribution in [1.29, 1.82) is 0 Å². The summed E-state index contributed by atoms with van der Waals surface area (Å²) in [5.74, 6) is -0.658. The molecule has 1 N–H and O–H groups in total. The number of imide groups is 1. The van der Waals surface area contributed by atoms with Gasteiger partial charge in [-0.3, -0.25) is 14.5 Å². The molecule has 0 radical (unpaired) electrons. The third kappa shape index (κ3) is 4.43. The number of halogens is 2. The van der Waals surface area contributed by atoms with Gasteiger partial charge >= 0.3 is 0 Å². The Kier molecular flexibility index (Phi) is 6.35. The van der Waals surface area contributed by atoms with Crippen molar-refractivity contribution in [2.24, 2.45) is 0 Å². The number of benzene rings is 3. The lowest BCUT2D eigenvalue weighted by molar-refractivity contribution is -0.136. The lowest BCUT2D eigenvalue weighted by Gasteiger charge is -2.16. The molecule has 3 aromatic rings. The predicted octanol–water partition coefficient (Wildman–Crippen LogP) is 6.04. The van der Waals surface area contributed by atoms with Crippen LogP contribution < -0.4 is 5.32 Å². The van der Waals surface area contributed by atoms with Crippen LogP contribution in [-0.4, -0.2) is 23.3 Å². The number of nitrogens with one attached hydrogen (secondary N) is 1. The standard InChI is InChI=1S/C26H22Cl2N2O2/c1-16-6-10-19(11-7-16)23-24(29-22-5-3-4-21(28)17(22)2)26(32)30(25(23)31)15-14-18-8-12-20(27)13-9-18/h3-13,29H,14-15H2,1-2H3. The van der Waals surface area contributed by atoms with E-state index >= 15 is 0 Å². The third-order valence-electron chi connectivity index (χ3n) is 5.57. The van der Waals surface area contributed by atoms with Gasteiger partial charge in [-0.1, -0.05) is 71.2 Å². The van der Waals surface area contributed by atoms with E-state index in [-0.39, 0.29) is 24.1 Å². The normalized spacial score (nSPS) is 13.8. The molecular weight excluding hydrogens is 443 g/mol. The average molecular weight is 465 g/mol. The van der Waals surface area contributed by atoms with Crippen LogP contribution in [0.1, 0.15) is 22.3 Å². The van der Waals surface area contributed by atoms with Gasteiger partial charge in [0.05, 0.1) is 5.57 Å². The summed E-state index contributed by atoms with van der Waals surface area (Å²) in [7, 11) is 0.